The van der Waals surface area contributed by atoms with Gasteiger partial charge in [-0.25, -0.2) is 4.98 Å². The number of aromatic nitrogens is 1. The molecule has 0 radical (unpaired) electrons. The van der Waals surface area contributed by atoms with E-state index in [4.69, 9.17) is 4.74 Å². The average molecular weight is 437 g/mol. The Labute approximate surface area is 188 Å². The molecule has 0 aliphatic carbocycles. The number of rotatable bonds is 5. The first-order valence-corrected chi connectivity index (χ1v) is 10.6. The van der Waals surface area contributed by atoms with Gasteiger partial charge in [-0.3, -0.25) is 9.59 Å². The predicted octanol–water partition coefficient (Wildman–Crippen LogP) is 2.32. The summed E-state index contributed by atoms with van der Waals surface area (Å²) in [7, 11) is 1.70. The third kappa shape index (κ3) is 4.89. The Morgan fingerprint density at radius 1 is 1.41 bits per heavy atom. The normalized spacial score (nSPS) is 19.1. The van der Waals surface area contributed by atoms with Gasteiger partial charge in [0.1, 0.15) is 11.7 Å². The molecule has 1 aromatic carbocycles. The number of benzene rings is 1. The summed E-state index contributed by atoms with van der Waals surface area (Å²) in [4.78, 5) is 32.9. The summed E-state index contributed by atoms with van der Waals surface area (Å²) >= 11 is 0. The molecule has 0 saturated heterocycles. The Hall–Kier alpha value is -3.44. The third-order valence-electron chi connectivity index (χ3n) is 5.84. The summed E-state index contributed by atoms with van der Waals surface area (Å²) < 4.78 is 6.17. The molecule has 3 atom stereocenters. The van der Waals surface area contributed by atoms with Gasteiger partial charge in [-0.05, 0) is 30.7 Å². The second kappa shape index (κ2) is 9.79. The van der Waals surface area contributed by atoms with Gasteiger partial charge < -0.3 is 19.6 Å². The zero-order valence-corrected chi connectivity index (χ0v) is 18.8. The number of hydrogen-bond acceptors (Lipinski definition) is 6. The molecule has 2 aromatic rings. The van der Waals surface area contributed by atoms with Gasteiger partial charge in [-0.2, -0.15) is 5.26 Å². The van der Waals surface area contributed by atoms with Crippen LogP contribution < -0.4 is 4.74 Å². The zero-order valence-electron chi connectivity index (χ0n) is 18.8. The summed E-state index contributed by atoms with van der Waals surface area (Å²) in [5.41, 5.74) is 2.23. The number of hydrogen-bond donors (Lipinski definition) is 1. The van der Waals surface area contributed by atoms with Crippen LogP contribution in [0.5, 0.6) is 5.88 Å². The highest BCUT2D eigenvalue weighted by Crippen LogP contribution is 2.30. The van der Waals surface area contributed by atoms with E-state index in [0.29, 0.717) is 24.2 Å². The van der Waals surface area contributed by atoms with E-state index in [0.717, 1.165) is 5.56 Å². The molecule has 1 aliphatic rings. The molecule has 0 bridgehead atoms. The smallest absolute Gasteiger partial charge is 0.259 e. The van der Waals surface area contributed by atoms with E-state index in [-0.39, 0.29) is 41.9 Å². The number of carbonyl (C=O) groups is 2. The first-order chi connectivity index (χ1) is 15.2. The van der Waals surface area contributed by atoms with Gasteiger partial charge in [-0.1, -0.05) is 19.1 Å². The Morgan fingerprint density at radius 2 is 2.16 bits per heavy atom. The van der Waals surface area contributed by atoms with Crippen LogP contribution in [0.4, 0.5) is 0 Å². The summed E-state index contributed by atoms with van der Waals surface area (Å²) in [5.74, 6) is -0.270. The number of likely N-dealkylation sites (N-methyl/N-ethyl adjacent to an activating group) is 1. The van der Waals surface area contributed by atoms with Crippen LogP contribution >= 0.6 is 0 Å². The van der Waals surface area contributed by atoms with E-state index < -0.39 is 6.04 Å². The van der Waals surface area contributed by atoms with Crippen molar-refractivity contribution in [2.45, 2.75) is 32.9 Å². The lowest BCUT2D eigenvalue weighted by Crippen LogP contribution is -2.50. The molecule has 0 fully saturated rings. The largest absolute Gasteiger partial charge is 0.472 e. The number of amides is 2. The maximum Gasteiger partial charge on any atom is 0.259 e. The van der Waals surface area contributed by atoms with Crippen LogP contribution in [0.15, 0.2) is 36.5 Å². The Kier molecular flexibility index (Phi) is 7.11. The minimum atomic E-state index is -0.396. The summed E-state index contributed by atoms with van der Waals surface area (Å²) in [6.07, 6.45) is 1.23. The van der Waals surface area contributed by atoms with E-state index in [1.165, 1.54) is 6.92 Å². The molecule has 1 aromatic heterocycles. The maximum absolute atomic E-state index is 13.5. The Balaban J connectivity index is 2.07. The zero-order chi connectivity index (χ0) is 23.4. The number of aliphatic hydroxyl groups is 1. The number of nitrogens with zero attached hydrogens (tertiary/aromatic N) is 4. The molecule has 0 saturated carbocycles. The van der Waals surface area contributed by atoms with Crippen LogP contribution in [-0.2, 0) is 4.79 Å². The third-order valence-corrected chi connectivity index (χ3v) is 5.84. The quantitative estimate of drug-likeness (QED) is 0.771. The molecule has 3 rings (SSSR count). The van der Waals surface area contributed by atoms with Crippen LogP contribution in [-0.4, -0.2) is 70.6 Å². The first-order valence-electron chi connectivity index (χ1n) is 10.6. The van der Waals surface area contributed by atoms with Gasteiger partial charge in [0.2, 0.25) is 11.8 Å². The molecule has 2 amide bonds. The van der Waals surface area contributed by atoms with Gasteiger partial charge in [0, 0.05) is 38.2 Å². The van der Waals surface area contributed by atoms with Crippen molar-refractivity contribution in [2.75, 3.05) is 26.7 Å². The van der Waals surface area contributed by atoms with Gasteiger partial charge in [0.05, 0.1) is 30.8 Å². The lowest BCUT2D eigenvalue weighted by molar-refractivity contribution is -0.129. The highest BCUT2D eigenvalue weighted by molar-refractivity contribution is 5.98. The predicted molar refractivity (Wildman–Crippen MR) is 119 cm³/mol. The summed E-state index contributed by atoms with van der Waals surface area (Å²) in [6, 6.07) is 10.5. The fourth-order valence-corrected chi connectivity index (χ4v) is 3.64. The Bertz CT molecular complexity index is 1050. The molecule has 2 heterocycles. The monoisotopic (exact) mass is 436 g/mol. The van der Waals surface area contributed by atoms with E-state index in [9.17, 15) is 20.0 Å². The SMILES string of the molecule is CC(=O)N(C)C[C@@H]1Oc2ncc(-c3cccc(C#N)c3)cc2C(=O)N([C@H](C)CO)C[C@H]1C. The van der Waals surface area contributed by atoms with Crippen molar-refractivity contribution in [1.29, 1.82) is 5.26 Å². The van der Waals surface area contributed by atoms with Crippen molar-refractivity contribution < 1.29 is 19.4 Å². The second-order valence-electron chi connectivity index (χ2n) is 8.29. The minimum absolute atomic E-state index is 0.0829. The topological polar surface area (TPSA) is 107 Å². The molecule has 0 unspecified atom stereocenters. The maximum atomic E-state index is 13.5. The number of fused-ring (bicyclic) bond motifs is 1. The van der Waals surface area contributed by atoms with Crippen LogP contribution in [0.2, 0.25) is 0 Å². The van der Waals surface area contributed by atoms with E-state index >= 15 is 0 Å². The van der Waals surface area contributed by atoms with Crippen LogP contribution in [0.3, 0.4) is 0 Å². The van der Waals surface area contributed by atoms with Crippen molar-refractivity contribution in [2.24, 2.45) is 5.92 Å². The molecule has 32 heavy (non-hydrogen) atoms. The number of nitriles is 1. The van der Waals surface area contributed by atoms with E-state index in [1.807, 2.05) is 13.0 Å². The molecule has 8 heteroatoms. The molecule has 1 N–H and O–H groups in total. The molecular formula is C24H28N4O4. The summed E-state index contributed by atoms with van der Waals surface area (Å²) in [5, 5.41) is 19.0. The lowest BCUT2D eigenvalue weighted by atomic mass is 9.99. The van der Waals surface area contributed by atoms with Gasteiger partial charge in [-0.15, -0.1) is 0 Å². The minimum Gasteiger partial charge on any atom is -0.472 e. The molecule has 0 spiro atoms. The fourth-order valence-electron chi connectivity index (χ4n) is 3.64. The van der Waals surface area contributed by atoms with Gasteiger partial charge in [0.15, 0.2) is 0 Å². The lowest BCUT2D eigenvalue weighted by Gasteiger charge is -2.37. The highest BCUT2D eigenvalue weighted by Gasteiger charge is 2.34. The number of ether oxygens (including phenoxy) is 1. The average Bonchev–Trinajstić information content (AvgIpc) is 2.80. The van der Waals surface area contributed by atoms with Crippen molar-refractivity contribution in [3.63, 3.8) is 0 Å². The van der Waals surface area contributed by atoms with E-state index in [2.05, 4.69) is 11.1 Å². The van der Waals surface area contributed by atoms with E-state index in [1.54, 1.807) is 54.2 Å². The van der Waals surface area contributed by atoms with Crippen molar-refractivity contribution in [3.8, 4) is 23.1 Å². The van der Waals surface area contributed by atoms with Crippen LogP contribution in [0, 0.1) is 17.2 Å². The van der Waals surface area contributed by atoms with Crippen LogP contribution in [0.25, 0.3) is 11.1 Å². The first kappa shape index (κ1) is 23.2. The van der Waals surface area contributed by atoms with Crippen molar-refractivity contribution in [1.82, 2.24) is 14.8 Å². The number of carbonyl (C=O) groups excluding carboxylic acids is 2. The standard InChI is InChI=1S/C24H28N4O4/c1-15-12-28(16(2)14-29)24(31)21-9-20(19-7-5-6-18(8-19)10-25)11-26-23(21)32-22(15)13-27(4)17(3)30/h5-9,11,15-16,22,29H,12-14H2,1-4H3/t15-,16-,22+/m1/s1. The highest BCUT2D eigenvalue weighted by atomic mass is 16.5. The molecule has 8 nitrogen and oxygen atoms in total. The Morgan fingerprint density at radius 3 is 2.81 bits per heavy atom. The van der Waals surface area contributed by atoms with Crippen molar-refractivity contribution >= 4 is 11.8 Å². The summed E-state index contributed by atoms with van der Waals surface area (Å²) in [6.45, 7) is 5.77. The second-order valence-corrected chi connectivity index (χ2v) is 8.29. The molecular weight excluding hydrogens is 408 g/mol. The molecule has 168 valence electrons. The molecule has 1 aliphatic heterocycles. The number of pyridine rings is 1. The van der Waals surface area contributed by atoms with Gasteiger partial charge in [0.25, 0.3) is 5.91 Å². The van der Waals surface area contributed by atoms with Gasteiger partial charge >= 0.3 is 0 Å². The number of aliphatic hydroxyl groups excluding tert-OH is 1. The van der Waals surface area contributed by atoms with Crippen LogP contribution in [0.1, 0.15) is 36.7 Å². The van der Waals surface area contributed by atoms with Crippen molar-refractivity contribution in [3.05, 3.63) is 47.7 Å². The fraction of sp³-hybridized carbons (Fsp3) is 0.417.